The molecule has 2 aromatic carbocycles. The lowest BCUT2D eigenvalue weighted by Crippen LogP contribution is -2.27. The Morgan fingerprint density at radius 1 is 1.00 bits per heavy atom. The van der Waals surface area contributed by atoms with Gasteiger partial charge in [-0.3, -0.25) is 4.79 Å². The predicted octanol–water partition coefficient (Wildman–Crippen LogP) is 4.93. The monoisotopic (exact) mass is 394 g/mol. The molecule has 0 fully saturated rings. The van der Waals surface area contributed by atoms with Crippen LogP contribution in [0.4, 0.5) is 8.78 Å². The van der Waals surface area contributed by atoms with E-state index in [4.69, 9.17) is 0 Å². The second-order valence-corrected chi connectivity index (χ2v) is 7.61. The normalized spacial score (nSPS) is 13.2. The van der Waals surface area contributed by atoms with Gasteiger partial charge in [0.05, 0.1) is 0 Å². The fraction of sp³-hybridized carbons (Fsp3) is 0.292. The SMILES string of the molecule is Cc1c2c(n(Cc3ccc(F)c(F)c3)c1C(=O)NCc1ccccc1)CCCC2. The summed E-state index contributed by atoms with van der Waals surface area (Å²) in [5, 5.41) is 3.02. The van der Waals surface area contributed by atoms with E-state index in [1.807, 2.05) is 41.8 Å². The summed E-state index contributed by atoms with van der Waals surface area (Å²) in [6, 6.07) is 13.7. The molecule has 0 radical (unpaired) electrons. The lowest BCUT2D eigenvalue weighted by atomic mass is 9.95. The van der Waals surface area contributed by atoms with Crippen molar-refractivity contribution in [3.63, 3.8) is 0 Å². The fourth-order valence-electron chi connectivity index (χ4n) is 4.22. The Labute approximate surface area is 169 Å². The third-order valence-electron chi connectivity index (χ3n) is 5.68. The molecule has 4 rings (SSSR count). The second-order valence-electron chi connectivity index (χ2n) is 7.61. The van der Waals surface area contributed by atoms with Crippen molar-refractivity contribution >= 4 is 5.91 Å². The summed E-state index contributed by atoms with van der Waals surface area (Å²) in [4.78, 5) is 13.1. The highest BCUT2D eigenvalue weighted by molar-refractivity contribution is 5.95. The van der Waals surface area contributed by atoms with Gasteiger partial charge in [-0.25, -0.2) is 8.78 Å². The van der Waals surface area contributed by atoms with E-state index in [1.165, 1.54) is 11.6 Å². The van der Waals surface area contributed by atoms with E-state index in [9.17, 15) is 13.6 Å². The molecule has 1 aromatic heterocycles. The predicted molar refractivity (Wildman–Crippen MR) is 109 cm³/mol. The maximum absolute atomic E-state index is 13.7. The number of hydrogen-bond donors (Lipinski definition) is 1. The van der Waals surface area contributed by atoms with Crippen molar-refractivity contribution in [1.82, 2.24) is 9.88 Å². The zero-order valence-electron chi connectivity index (χ0n) is 16.5. The molecule has 0 saturated carbocycles. The van der Waals surface area contributed by atoms with Crippen LogP contribution in [-0.2, 0) is 25.9 Å². The molecule has 0 bridgehead atoms. The Morgan fingerprint density at radius 2 is 1.76 bits per heavy atom. The number of nitrogens with one attached hydrogen (secondary N) is 1. The van der Waals surface area contributed by atoms with Crippen LogP contribution >= 0.6 is 0 Å². The number of halogens is 2. The van der Waals surface area contributed by atoms with Gasteiger partial charge in [0.1, 0.15) is 5.69 Å². The van der Waals surface area contributed by atoms with Gasteiger partial charge in [0.25, 0.3) is 5.91 Å². The molecule has 3 nitrogen and oxygen atoms in total. The number of fused-ring (bicyclic) bond motifs is 1. The van der Waals surface area contributed by atoms with Crippen molar-refractivity contribution in [2.45, 2.75) is 45.7 Å². The second kappa shape index (κ2) is 8.19. The minimum Gasteiger partial charge on any atom is -0.347 e. The number of carbonyl (C=O) groups excluding carboxylic acids is 1. The molecule has 0 unspecified atom stereocenters. The first-order chi connectivity index (χ1) is 14.0. The molecule has 0 spiro atoms. The Balaban J connectivity index is 1.67. The van der Waals surface area contributed by atoms with Crippen molar-refractivity contribution in [1.29, 1.82) is 0 Å². The van der Waals surface area contributed by atoms with Gasteiger partial charge in [-0.05, 0) is 67.0 Å². The number of nitrogens with zero attached hydrogens (tertiary/aromatic N) is 1. The maximum atomic E-state index is 13.7. The average Bonchev–Trinajstić information content (AvgIpc) is 3.02. The van der Waals surface area contributed by atoms with Crippen LogP contribution in [0, 0.1) is 18.6 Å². The van der Waals surface area contributed by atoms with Gasteiger partial charge < -0.3 is 9.88 Å². The number of hydrogen-bond acceptors (Lipinski definition) is 1. The minimum absolute atomic E-state index is 0.136. The van der Waals surface area contributed by atoms with Crippen molar-refractivity contribution in [3.05, 3.63) is 93.8 Å². The number of aromatic nitrogens is 1. The summed E-state index contributed by atoms with van der Waals surface area (Å²) in [7, 11) is 0. The van der Waals surface area contributed by atoms with Crippen LogP contribution in [0.2, 0.25) is 0 Å². The number of amides is 1. The van der Waals surface area contributed by atoms with Crippen LogP contribution < -0.4 is 5.32 Å². The van der Waals surface area contributed by atoms with Crippen molar-refractivity contribution in [3.8, 4) is 0 Å². The first-order valence-corrected chi connectivity index (χ1v) is 10.0. The Bertz CT molecular complexity index is 1040. The summed E-state index contributed by atoms with van der Waals surface area (Å²) in [6.45, 7) is 2.78. The molecular formula is C24H24F2N2O. The van der Waals surface area contributed by atoms with Gasteiger partial charge in [-0.2, -0.15) is 0 Å². The maximum Gasteiger partial charge on any atom is 0.268 e. The smallest absolute Gasteiger partial charge is 0.268 e. The summed E-state index contributed by atoms with van der Waals surface area (Å²) in [5.74, 6) is -1.86. The topological polar surface area (TPSA) is 34.0 Å². The molecule has 0 aliphatic heterocycles. The van der Waals surface area contributed by atoms with Crippen LogP contribution in [0.1, 0.15) is 51.3 Å². The average molecular weight is 394 g/mol. The van der Waals surface area contributed by atoms with Crippen LogP contribution in [0.25, 0.3) is 0 Å². The molecule has 3 aromatic rings. The van der Waals surface area contributed by atoms with Gasteiger partial charge in [0.15, 0.2) is 11.6 Å². The summed E-state index contributed by atoms with van der Waals surface area (Å²) in [5.41, 5.74) is 5.66. The van der Waals surface area contributed by atoms with E-state index >= 15 is 0 Å². The molecule has 1 aliphatic rings. The lowest BCUT2D eigenvalue weighted by molar-refractivity contribution is 0.0941. The van der Waals surface area contributed by atoms with Gasteiger partial charge in [0, 0.05) is 18.8 Å². The highest BCUT2D eigenvalue weighted by Crippen LogP contribution is 2.30. The minimum atomic E-state index is -0.865. The molecule has 1 N–H and O–H groups in total. The molecule has 29 heavy (non-hydrogen) atoms. The molecule has 0 atom stereocenters. The summed E-state index contributed by atoms with van der Waals surface area (Å²) >= 11 is 0. The Morgan fingerprint density at radius 3 is 2.52 bits per heavy atom. The Kier molecular flexibility index (Phi) is 5.47. The van der Waals surface area contributed by atoms with Crippen LogP contribution in [-0.4, -0.2) is 10.5 Å². The standard InChI is InChI=1S/C24H24F2N2O/c1-16-19-9-5-6-10-22(19)28(15-18-11-12-20(25)21(26)13-18)23(16)24(29)27-14-17-7-3-2-4-8-17/h2-4,7-8,11-13H,5-6,9-10,14-15H2,1H3,(H,27,29). The van der Waals surface area contributed by atoms with Crippen molar-refractivity contribution < 1.29 is 13.6 Å². The Hall–Kier alpha value is -2.95. The summed E-state index contributed by atoms with van der Waals surface area (Å²) < 4.78 is 29.1. The van der Waals surface area contributed by atoms with Gasteiger partial charge in [-0.15, -0.1) is 0 Å². The van der Waals surface area contributed by atoms with E-state index in [1.54, 1.807) is 6.07 Å². The highest BCUT2D eigenvalue weighted by atomic mass is 19.2. The molecular weight excluding hydrogens is 370 g/mol. The van der Waals surface area contributed by atoms with Crippen LogP contribution in [0.3, 0.4) is 0 Å². The zero-order chi connectivity index (χ0) is 20.4. The number of rotatable bonds is 5. The molecule has 150 valence electrons. The van der Waals surface area contributed by atoms with Crippen LogP contribution in [0.5, 0.6) is 0 Å². The van der Waals surface area contributed by atoms with E-state index < -0.39 is 11.6 Å². The first-order valence-electron chi connectivity index (χ1n) is 10.0. The lowest BCUT2D eigenvalue weighted by Gasteiger charge is -2.17. The number of benzene rings is 2. The largest absolute Gasteiger partial charge is 0.347 e. The third-order valence-corrected chi connectivity index (χ3v) is 5.68. The van der Waals surface area contributed by atoms with Gasteiger partial charge in [0.2, 0.25) is 0 Å². The van der Waals surface area contributed by atoms with Gasteiger partial charge >= 0.3 is 0 Å². The number of carbonyl (C=O) groups is 1. The third kappa shape index (κ3) is 3.95. The van der Waals surface area contributed by atoms with E-state index in [0.29, 0.717) is 24.3 Å². The van der Waals surface area contributed by atoms with Crippen LogP contribution in [0.15, 0.2) is 48.5 Å². The molecule has 1 heterocycles. The molecule has 1 amide bonds. The van der Waals surface area contributed by atoms with E-state index in [0.717, 1.165) is 48.6 Å². The van der Waals surface area contributed by atoms with Crippen molar-refractivity contribution in [2.75, 3.05) is 0 Å². The molecule has 0 saturated heterocycles. The quantitative estimate of drug-likeness (QED) is 0.654. The molecule has 1 aliphatic carbocycles. The highest BCUT2D eigenvalue weighted by Gasteiger charge is 2.26. The van der Waals surface area contributed by atoms with E-state index in [-0.39, 0.29) is 5.91 Å². The van der Waals surface area contributed by atoms with E-state index in [2.05, 4.69) is 5.32 Å². The first kappa shape index (κ1) is 19.4. The zero-order valence-corrected chi connectivity index (χ0v) is 16.5. The summed E-state index contributed by atoms with van der Waals surface area (Å²) in [6.07, 6.45) is 4.02. The van der Waals surface area contributed by atoms with Crippen molar-refractivity contribution in [2.24, 2.45) is 0 Å². The van der Waals surface area contributed by atoms with Gasteiger partial charge in [-0.1, -0.05) is 36.4 Å². The fourth-order valence-corrected chi connectivity index (χ4v) is 4.22. The molecule has 5 heteroatoms.